The number of aliphatic hydroxyl groups excluding tert-OH is 1. The van der Waals surface area contributed by atoms with Crippen LogP contribution in [0.2, 0.25) is 0 Å². The number of aromatic nitrogens is 2. The van der Waals surface area contributed by atoms with Gasteiger partial charge < -0.3 is 24.0 Å². The van der Waals surface area contributed by atoms with Gasteiger partial charge in [-0.2, -0.15) is 0 Å². The molecule has 1 aliphatic rings. The van der Waals surface area contributed by atoms with E-state index in [-0.39, 0.29) is 23.4 Å². The van der Waals surface area contributed by atoms with E-state index in [0.29, 0.717) is 36.6 Å². The van der Waals surface area contributed by atoms with Crippen molar-refractivity contribution in [3.05, 3.63) is 83.7 Å². The number of benzene rings is 2. The number of aryl methyl sites for hydroxylation is 1. The molecule has 0 saturated carbocycles. The van der Waals surface area contributed by atoms with E-state index in [4.69, 9.17) is 9.47 Å². The maximum absolute atomic E-state index is 13.5. The molecule has 1 amide bonds. The number of rotatable bonds is 9. The SMILES string of the molecule is CCOc1ccc(C2C(=C(O)c3ccc(F)cc3)C(=O)C(=O)N2CCCn2ccnc2)cc1OC. The van der Waals surface area contributed by atoms with Gasteiger partial charge in [-0.15, -0.1) is 0 Å². The van der Waals surface area contributed by atoms with Gasteiger partial charge in [0.05, 0.1) is 31.7 Å². The van der Waals surface area contributed by atoms with E-state index in [1.165, 1.54) is 36.3 Å². The van der Waals surface area contributed by atoms with Gasteiger partial charge in [0, 0.05) is 31.0 Å². The number of methoxy groups -OCH3 is 1. The molecule has 1 atom stereocenters. The van der Waals surface area contributed by atoms with Crippen molar-refractivity contribution in [1.29, 1.82) is 0 Å². The first-order valence-electron chi connectivity index (χ1n) is 11.3. The molecule has 0 aliphatic carbocycles. The molecule has 1 saturated heterocycles. The minimum Gasteiger partial charge on any atom is -0.507 e. The second kappa shape index (κ2) is 10.4. The van der Waals surface area contributed by atoms with Gasteiger partial charge in [0.2, 0.25) is 0 Å². The predicted molar refractivity (Wildman–Crippen MR) is 126 cm³/mol. The number of carbonyl (C=O) groups excluding carboxylic acids is 2. The predicted octanol–water partition coefficient (Wildman–Crippen LogP) is 3.94. The van der Waals surface area contributed by atoms with Crippen LogP contribution in [-0.4, -0.2) is 51.5 Å². The van der Waals surface area contributed by atoms with Crippen molar-refractivity contribution < 1.29 is 28.6 Å². The van der Waals surface area contributed by atoms with Gasteiger partial charge in [-0.3, -0.25) is 9.59 Å². The average molecular weight is 480 g/mol. The standard InChI is InChI=1S/C26H26FN3O5/c1-3-35-20-10-7-18(15-21(20)34-2)23-22(24(31)17-5-8-19(27)9-6-17)25(32)26(33)30(23)13-4-12-29-14-11-28-16-29/h5-11,14-16,23,31H,3-4,12-13H2,1-2H3. The number of ether oxygens (including phenoxy) is 2. The summed E-state index contributed by atoms with van der Waals surface area (Å²) in [6.45, 7) is 3.15. The van der Waals surface area contributed by atoms with E-state index in [1.807, 2.05) is 17.7 Å². The molecule has 3 aromatic rings. The van der Waals surface area contributed by atoms with Crippen molar-refractivity contribution in [3.8, 4) is 11.5 Å². The molecule has 2 aromatic carbocycles. The van der Waals surface area contributed by atoms with E-state index < -0.39 is 23.5 Å². The summed E-state index contributed by atoms with van der Waals surface area (Å²) in [5, 5.41) is 11.1. The van der Waals surface area contributed by atoms with Gasteiger partial charge >= 0.3 is 0 Å². The fourth-order valence-corrected chi connectivity index (χ4v) is 4.19. The molecule has 1 N–H and O–H groups in total. The van der Waals surface area contributed by atoms with Crippen molar-refractivity contribution >= 4 is 17.4 Å². The van der Waals surface area contributed by atoms with Crippen LogP contribution in [0.25, 0.3) is 5.76 Å². The molecule has 1 unspecified atom stereocenters. The van der Waals surface area contributed by atoms with Crippen molar-refractivity contribution in [3.63, 3.8) is 0 Å². The number of halogens is 1. The van der Waals surface area contributed by atoms with Crippen LogP contribution >= 0.6 is 0 Å². The Labute approximate surface area is 202 Å². The number of Topliss-reactive ketones (excluding diaryl/α,β-unsaturated/α-hetero) is 1. The molecule has 2 heterocycles. The third-order valence-electron chi connectivity index (χ3n) is 5.84. The minimum atomic E-state index is -0.854. The first-order chi connectivity index (χ1) is 16.9. The van der Waals surface area contributed by atoms with E-state index in [9.17, 15) is 19.1 Å². The van der Waals surface area contributed by atoms with E-state index in [1.54, 1.807) is 30.7 Å². The Hall–Kier alpha value is -4.14. The first-order valence-corrected chi connectivity index (χ1v) is 11.3. The number of ketones is 1. The average Bonchev–Trinajstić information content (AvgIpc) is 3.47. The summed E-state index contributed by atoms with van der Waals surface area (Å²) in [6, 6.07) is 9.40. The molecule has 9 heteroatoms. The Kier molecular flexibility index (Phi) is 7.14. The Morgan fingerprint density at radius 2 is 1.89 bits per heavy atom. The normalized spacial score (nSPS) is 17.1. The third-order valence-corrected chi connectivity index (χ3v) is 5.84. The molecule has 0 spiro atoms. The lowest BCUT2D eigenvalue weighted by Crippen LogP contribution is -2.31. The molecule has 35 heavy (non-hydrogen) atoms. The maximum atomic E-state index is 13.5. The zero-order chi connectivity index (χ0) is 24.9. The van der Waals surface area contributed by atoms with Gasteiger partial charge in [-0.1, -0.05) is 6.07 Å². The highest BCUT2D eigenvalue weighted by atomic mass is 19.1. The lowest BCUT2D eigenvalue weighted by Gasteiger charge is -2.26. The molecule has 0 bridgehead atoms. The van der Waals surface area contributed by atoms with Crippen LogP contribution in [-0.2, 0) is 16.1 Å². The summed E-state index contributed by atoms with van der Waals surface area (Å²) in [7, 11) is 1.50. The summed E-state index contributed by atoms with van der Waals surface area (Å²) >= 11 is 0. The number of aliphatic hydroxyl groups is 1. The van der Waals surface area contributed by atoms with Crippen molar-refractivity contribution in [1.82, 2.24) is 14.5 Å². The van der Waals surface area contributed by atoms with Crippen molar-refractivity contribution in [2.45, 2.75) is 25.9 Å². The Bertz CT molecular complexity index is 1240. The van der Waals surface area contributed by atoms with Gasteiger partial charge in [-0.05, 0) is 55.3 Å². The second-order valence-electron chi connectivity index (χ2n) is 8.00. The van der Waals surface area contributed by atoms with Crippen LogP contribution in [0.3, 0.4) is 0 Å². The monoisotopic (exact) mass is 479 g/mol. The molecule has 182 valence electrons. The summed E-state index contributed by atoms with van der Waals surface area (Å²) in [5.41, 5.74) is 0.761. The number of carbonyl (C=O) groups is 2. The smallest absolute Gasteiger partial charge is 0.295 e. The third kappa shape index (κ3) is 4.89. The van der Waals surface area contributed by atoms with Crippen LogP contribution in [0.4, 0.5) is 4.39 Å². The molecule has 4 rings (SSSR count). The van der Waals surface area contributed by atoms with Crippen LogP contribution in [0.1, 0.15) is 30.5 Å². The molecule has 8 nitrogen and oxygen atoms in total. The van der Waals surface area contributed by atoms with Gasteiger partial charge in [0.25, 0.3) is 11.7 Å². The molecule has 1 aliphatic heterocycles. The van der Waals surface area contributed by atoms with Gasteiger partial charge in [0.1, 0.15) is 11.6 Å². The van der Waals surface area contributed by atoms with Gasteiger partial charge in [-0.25, -0.2) is 9.37 Å². The topological polar surface area (TPSA) is 93.9 Å². The van der Waals surface area contributed by atoms with E-state index >= 15 is 0 Å². The summed E-state index contributed by atoms with van der Waals surface area (Å²) in [6.07, 6.45) is 5.72. The lowest BCUT2D eigenvalue weighted by molar-refractivity contribution is -0.139. The van der Waals surface area contributed by atoms with Gasteiger partial charge in [0.15, 0.2) is 11.5 Å². The fraction of sp³-hybridized carbons (Fsp3) is 0.269. The highest BCUT2D eigenvalue weighted by Gasteiger charge is 2.46. The van der Waals surface area contributed by atoms with Crippen LogP contribution in [0.5, 0.6) is 11.5 Å². The highest BCUT2D eigenvalue weighted by Crippen LogP contribution is 2.42. The first kappa shape index (κ1) is 24.0. The molecule has 0 radical (unpaired) electrons. The number of nitrogens with zero attached hydrogens (tertiary/aromatic N) is 3. The zero-order valence-corrected chi connectivity index (χ0v) is 19.5. The Morgan fingerprint density at radius 1 is 1.11 bits per heavy atom. The number of hydrogen-bond acceptors (Lipinski definition) is 6. The van der Waals surface area contributed by atoms with Crippen LogP contribution < -0.4 is 9.47 Å². The summed E-state index contributed by atoms with van der Waals surface area (Å²) in [5.74, 6) is -1.39. The van der Waals surface area contributed by atoms with E-state index in [2.05, 4.69) is 4.98 Å². The quantitative estimate of drug-likeness (QED) is 0.284. The van der Waals surface area contributed by atoms with Crippen LogP contribution in [0, 0.1) is 5.82 Å². The maximum Gasteiger partial charge on any atom is 0.295 e. The Balaban J connectivity index is 1.77. The fourth-order valence-electron chi connectivity index (χ4n) is 4.19. The van der Waals surface area contributed by atoms with Crippen LogP contribution in [0.15, 0.2) is 66.8 Å². The molecule has 1 aromatic heterocycles. The summed E-state index contributed by atoms with van der Waals surface area (Å²) < 4.78 is 26.4. The number of hydrogen-bond donors (Lipinski definition) is 1. The molecular weight excluding hydrogens is 453 g/mol. The largest absolute Gasteiger partial charge is 0.507 e. The summed E-state index contributed by atoms with van der Waals surface area (Å²) in [4.78, 5) is 31.7. The number of imidazole rings is 1. The number of amides is 1. The lowest BCUT2D eigenvalue weighted by atomic mass is 9.95. The molecule has 1 fully saturated rings. The zero-order valence-electron chi connectivity index (χ0n) is 19.5. The minimum absolute atomic E-state index is 0.0598. The Morgan fingerprint density at radius 3 is 2.54 bits per heavy atom. The van der Waals surface area contributed by atoms with E-state index in [0.717, 1.165) is 0 Å². The van der Waals surface area contributed by atoms with Crippen molar-refractivity contribution in [2.75, 3.05) is 20.3 Å². The molecular formula is C26H26FN3O5. The highest BCUT2D eigenvalue weighted by molar-refractivity contribution is 6.46. The van der Waals surface area contributed by atoms with Crippen molar-refractivity contribution in [2.24, 2.45) is 0 Å². The number of likely N-dealkylation sites (tertiary alicyclic amines) is 1. The second-order valence-corrected chi connectivity index (χ2v) is 8.00.